The van der Waals surface area contributed by atoms with E-state index in [1.807, 2.05) is 82.6 Å². The summed E-state index contributed by atoms with van der Waals surface area (Å²) in [7, 11) is 2.90. The van der Waals surface area contributed by atoms with E-state index in [1.165, 1.54) is 43.0 Å². The molecule has 3 N–H and O–H groups in total. The van der Waals surface area contributed by atoms with Gasteiger partial charge in [0.05, 0.1) is 30.4 Å². The lowest BCUT2D eigenvalue weighted by molar-refractivity contribution is -0.137. The van der Waals surface area contributed by atoms with E-state index in [2.05, 4.69) is 14.7 Å². The van der Waals surface area contributed by atoms with Gasteiger partial charge in [-0.2, -0.15) is 0 Å². The number of ether oxygens (including phenoxy) is 5. The second-order valence-corrected chi connectivity index (χ2v) is 23.4. The molecule has 3 aliphatic heterocycles. The molecule has 3 saturated heterocycles. The summed E-state index contributed by atoms with van der Waals surface area (Å²) in [6.45, 7) is 14.3. The number of aliphatic carboxylic acids is 1. The van der Waals surface area contributed by atoms with Crippen LogP contribution in [0, 0.1) is 13.8 Å². The maximum atomic E-state index is 12.6. The van der Waals surface area contributed by atoms with Crippen LogP contribution < -0.4 is 23.7 Å². The van der Waals surface area contributed by atoms with Crippen molar-refractivity contribution in [3.05, 3.63) is 180 Å². The van der Waals surface area contributed by atoms with E-state index in [9.17, 15) is 28.8 Å². The Bertz CT molecular complexity index is 3390. The van der Waals surface area contributed by atoms with Crippen LogP contribution in [-0.4, -0.2) is 193 Å². The number of hydrogen-bond acceptors (Lipinski definition) is 14. The van der Waals surface area contributed by atoms with E-state index in [0.717, 1.165) is 74.5 Å². The first kappa shape index (κ1) is 69.7. The Kier molecular flexibility index (Phi) is 26.6. The summed E-state index contributed by atoms with van der Waals surface area (Å²) in [6, 6.07) is 34.3. The van der Waals surface area contributed by atoms with Crippen molar-refractivity contribution >= 4 is 82.0 Å². The van der Waals surface area contributed by atoms with Crippen LogP contribution >= 0.6 is 46.4 Å². The van der Waals surface area contributed by atoms with Crippen molar-refractivity contribution in [1.82, 2.24) is 29.4 Å². The molecule has 3 heterocycles. The van der Waals surface area contributed by atoms with Crippen molar-refractivity contribution in [1.29, 1.82) is 0 Å². The Hall–Kier alpha value is -7.82. The Balaban J connectivity index is 0.000000192. The maximum Gasteiger partial charge on any atom is 0.335 e. The van der Waals surface area contributed by atoms with Gasteiger partial charge in [0, 0.05) is 120 Å². The number of benzene rings is 6. The number of methoxy groups -OCH3 is 2. The lowest BCUT2D eigenvalue weighted by Gasteiger charge is -2.34. The molecule has 0 aliphatic carbocycles. The molecule has 0 atom stereocenters. The molecule has 3 aliphatic rings. The van der Waals surface area contributed by atoms with E-state index in [-0.39, 0.29) is 71.6 Å². The molecule has 3 amide bonds. The minimum Gasteiger partial charge on any atom is -0.493 e. The first-order valence-corrected chi connectivity index (χ1v) is 30.6. The van der Waals surface area contributed by atoms with Crippen LogP contribution in [0.25, 0.3) is 0 Å². The zero-order valence-electron chi connectivity index (χ0n) is 50.6. The summed E-state index contributed by atoms with van der Waals surface area (Å²) in [5.74, 6) is -1.39. The number of aromatic carboxylic acids is 2. The molecule has 20 nitrogen and oxygen atoms in total. The minimum absolute atomic E-state index is 0.0210. The minimum atomic E-state index is -1.13. The fraction of sp³-hybridized carbons (Fsp3) is 0.364. The second-order valence-electron chi connectivity index (χ2n) is 21.6. The topological polar surface area (TPSA) is 229 Å². The Morgan fingerprint density at radius 1 is 0.411 bits per heavy atom. The number of halogens is 4. The third kappa shape index (κ3) is 21.4. The normalized spacial score (nSPS) is 14.5. The lowest BCUT2D eigenvalue weighted by atomic mass is 10.1. The van der Waals surface area contributed by atoms with Gasteiger partial charge in [-0.1, -0.05) is 88.9 Å². The highest BCUT2D eigenvalue weighted by molar-refractivity contribution is 6.33. The molecule has 0 unspecified atom stereocenters. The van der Waals surface area contributed by atoms with Crippen LogP contribution in [0.4, 0.5) is 0 Å². The number of aryl methyl sites for hydroxylation is 3. The predicted octanol–water partition coefficient (Wildman–Crippen LogP) is 9.89. The summed E-state index contributed by atoms with van der Waals surface area (Å²) < 4.78 is 27.5. The molecule has 0 spiro atoms. The van der Waals surface area contributed by atoms with Crippen LogP contribution in [0.1, 0.15) is 60.5 Å². The number of carboxylic acid groups (broad SMARTS) is 3. The lowest BCUT2D eigenvalue weighted by Crippen LogP contribution is -2.49. The molecule has 6 aromatic carbocycles. The van der Waals surface area contributed by atoms with Gasteiger partial charge in [-0.05, 0) is 126 Å². The summed E-state index contributed by atoms with van der Waals surface area (Å²) in [4.78, 5) is 83.0. The zero-order valence-corrected chi connectivity index (χ0v) is 53.7. The maximum absolute atomic E-state index is 12.6. The SMILES string of the molecule is COc1cc(C(=O)O)cc(Cl)c1OCC(=O)N1CCN(Cc2ccc(Cl)cc2)CC1.COc1cc(CCC(=O)O)ccc1OCC(=O)N1CCN(Cc2ccc(Cl)cc2)CC1.Cc1cc(C(=O)O)cc(C)c1OCC(=O)N1CCN(Cc2ccc(Cl)cc2)CC1. The third-order valence-electron chi connectivity index (χ3n) is 15.2. The quantitative estimate of drug-likeness (QED) is 0.0574. The number of carboxylic acids is 3. The number of carbonyl (C=O) groups is 6. The van der Waals surface area contributed by atoms with Crippen molar-refractivity contribution in [3.8, 4) is 28.7 Å². The van der Waals surface area contributed by atoms with Gasteiger partial charge < -0.3 is 53.7 Å². The van der Waals surface area contributed by atoms with Gasteiger partial charge in [-0.25, -0.2) is 9.59 Å². The van der Waals surface area contributed by atoms with Gasteiger partial charge >= 0.3 is 17.9 Å². The summed E-state index contributed by atoms with van der Waals surface area (Å²) >= 11 is 23.9. The first-order chi connectivity index (χ1) is 43.1. The van der Waals surface area contributed by atoms with E-state index < -0.39 is 17.9 Å². The van der Waals surface area contributed by atoms with E-state index >= 15 is 0 Å². The highest BCUT2D eigenvalue weighted by Gasteiger charge is 2.26. The largest absolute Gasteiger partial charge is 0.493 e. The highest BCUT2D eigenvalue weighted by Crippen LogP contribution is 2.37. The number of piperazine rings is 3. The van der Waals surface area contributed by atoms with Gasteiger partial charge in [0.25, 0.3) is 17.7 Å². The van der Waals surface area contributed by atoms with Crippen LogP contribution in [-0.2, 0) is 45.2 Å². The van der Waals surface area contributed by atoms with E-state index in [4.69, 9.17) is 85.4 Å². The summed E-state index contributed by atoms with van der Waals surface area (Å²) in [5, 5.41) is 29.3. The molecular weight excluding hydrogens is 1240 g/mol. The predicted molar refractivity (Wildman–Crippen MR) is 343 cm³/mol. The molecular formula is C66H74Cl4N6O14. The average Bonchev–Trinajstić information content (AvgIpc) is 1.55. The van der Waals surface area contributed by atoms with Gasteiger partial charge in [-0.15, -0.1) is 0 Å². The van der Waals surface area contributed by atoms with Crippen LogP contribution in [0.5, 0.6) is 28.7 Å². The number of rotatable bonds is 22. The molecule has 3 fully saturated rings. The van der Waals surface area contributed by atoms with Crippen molar-refractivity contribution in [2.75, 3.05) is 113 Å². The van der Waals surface area contributed by atoms with Crippen molar-refractivity contribution in [2.24, 2.45) is 0 Å². The fourth-order valence-electron chi connectivity index (χ4n) is 10.2. The standard InChI is InChI=1S/C23H27ClN2O5.C22H25ClN2O4.C21H22Cl2N2O5/c1-30-21-14-17(5-9-23(28)29)4-8-20(21)31-16-22(27)26-12-10-25(11-13-26)15-18-2-6-19(24)7-3-18;1-15-11-18(22(27)28)12-16(2)21(15)29-14-20(26)25-9-7-24(8-10-25)13-17-3-5-19(23)6-4-17;1-29-18-11-15(21(27)28)10-17(23)20(18)30-13-19(26)25-8-6-24(7-9-25)12-14-2-4-16(22)5-3-14/h2-4,6-8,14H,5,9-13,15-16H2,1H3,(H,28,29);3-6,11-12H,7-10,13-14H2,1-2H3,(H,27,28);2-5,10-11H,6-9,12-13H2,1H3,(H,27,28). The van der Waals surface area contributed by atoms with Crippen LogP contribution in [0.3, 0.4) is 0 Å². The number of hydrogen-bond donors (Lipinski definition) is 3. The second kappa shape index (κ2) is 34.4. The van der Waals surface area contributed by atoms with Gasteiger partial charge in [0.15, 0.2) is 42.8 Å². The van der Waals surface area contributed by atoms with Crippen LogP contribution in [0.2, 0.25) is 20.1 Å². The molecule has 90 heavy (non-hydrogen) atoms. The van der Waals surface area contributed by atoms with Crippen molar-refractivity contribution in [3.63, 3.8) is 0 Å². The van der Waals surface area contributed by atoms with Gasteiger partial charge in [-0.3, -0.25) is 33.9 Å². The Morgan fingerprint density at radius 2 is 0.767 bits per heavy atom. The highest BCUT2D eigenvalue weighted by atomic mass is 35.5. The van der Waals surface area contributed by atoms with Crippen molar-refractivity contribution < 1.29 is 67.8 Å². The molecule has 0 aromatic heterocycles. The van der Waals surface area contributed by atoms with E-state index in [0.29, 0.717) is 79.1 Å². The third-order valence-corrected chi connectivity index (χ3v) is 16.2. The van der Waals surface area contributed by atoms with Gasteiger partial charge in [0.2, 0.25) is 0 Å². The van der Waals surface area contributed by atoms with Crippen molar-refractivity contribution in [2.45, 2.75) is 46.3 Å². The molecule has 9 rings (SSSR count). The fourth-order valence-corrected chi connectivity index (χ4v) is 10.9. The van der Waals surface area contributed by atoms with E-state index in [1.54, 1.807) is 49.1 Å². The monoisotopic (exact) mass is 1310 g/mol. The number of carbonyl (C=O) groups excluding carboxylic acids is 3. The first-order valence-electron chi connectivity index (χ1n) is 29.1. The average molecular weight is 1320 g/mol. The number of nitrogens with zero attached hydrogens (tertiary/aromatic N) is 6. The smallest absolute Gasteiger partial charge is 0.335 e. The molecule has 0 bridgehead atoms. The van der Waals surface area contributed by atoms with Gasteiger partial charge in [0.1, 0.15) is 5.75 Å². The molecule has 0 saturated carbocycles. The zero-order chi connectivity index (χ0) is 64.9. The molecule has 24 heteroatoms. The van der Waals surface area contributed by atoms with Crippen LogP contribution in [0.15, 0.2) is 115 Å². The number of amides is 3. The molecule has 0 radical (unpaired) electrons. The Morgan fingerprint density at radius 3 is 1.13 bits per heavy atom. The Labute approximate surface area is 543 Å². The summed E-state index contributed by atoms with van der Waals surface area (Å²) in [5.41, 5.74) is 6.04. The summed E-state index contributed by atoms with van der Waals surface area (Å²) in [6.07, 6.45) is 0.455. The molecule has 480 valence electrons. The molecule has 6 aromatic rings.